The molecule has 2 aliphatic rings. The first kappa shape index (κ1) is 16.4. The lowest BCUT2D eigenvalue weighted by Crippen LogP contribution is -2.54. The molecule has 0 spiro atoms. The van der Waals surface area contributed by atoms with Crippen LogP contribution in [0.4, 0.5) is 0 Å². The molecule has 0 N–H and O–H groups in total. The number of likely N-dealkylation sites (tertiary alicyclic amines) is 2. The van der Waals surface area contributed by atoms with Crippen molar-refractivity contribution < 1.29 is 4.79 Å². The Labute approximate surface area is 139 Å². The van der Waals surface area contributed by atoms with E-state index in [9.17, 15) is 4.79 Å². The number of pyridine rings is 1. The van der Waals surface area contributed by atoms with E-state index in [1.807, 2.05) is 12.1 Å². The fourth-order valence-corrected chi connectivity index (χ4v) is 3.81. The fraction of sp³-hybridized carbons (Fsp3) is 0.667. The van der Waals surface area contributed by atoms with Crippen LogP contribution in [0.2, 0.25) is 0 Å². The normalized spacial score (nSPS) is 22.2. The van der Waals surface area contributed by atoms with Gasteiger partial charge in [0.1, 0.15) is 0 Å². The first-order valence-electron chi connectivity index (χ1n) is 8.75. The van der Waals surface area contributed by atoms with Gasteiger partial charge < -0.3 is 14.7 Å². The quantitative estimate of drug-likeness (QED) is 0.851. The van der Waals surface area contributed by atoms with Crippen LogP contribution in [0.1, 0.15) is 36.0 Å². The summed E-state index contributed by atoms with van der Waals surface area (Å²) in [6, 6.07) is 4.49. The Hall–Kier alpha value is -1.46. The second-order valence-electron chi connectivity index (χ2n) is 7.02. The molecule has 0 saturated carbocycles. The number of amides is 1. The topological polar surface area (TPSA) is 39.7 Å². The van der Waals surface area contributed by atoms with Gasteiger partial charge in [0.25, 0.3) is 5.91 Å². The maximum absolute atomic E-state index is 13.2. The van der Waals surface area contributed by atoms with Crippen molar-refractivity contribution in [3.63, 3.8) is 0 Å². The van der Waals surface area contributed by atoms with Gasteiger partial charge in [-0.1, -0.05) is 0 Å². The zero-order chi connectivity index (χ0) is 16.2. The predicted octanol–water partition coefficient (Wildman–Crippen LogP) is 1.71. The standard InChI is InChI=1S/C18H28N4O/c1-20-10-5-16(6-11-20)22(17-7-12-21(2)13-8-17)18(23)15-4-3-9-19-14-15/h3-4,9,14,16-17H,5-8,10-13H2,1-2H3. The smallest absolute Gasteiger partial charge is 0.255 e. The first-order valence-corrected chi connectivity index (χ1v) is 8.75. The monoisotopic (exact) mass is 316 g/mol. The molecule has 5 nitrogen and oxygen atoms in total. The van der Waals surface area contributed by atoms with Crippen LogP contribution in [0, 0.1) is 0 Å². The van der Waals surface area contributed by atoms with Crippen LogP contribution in [0.15, 0.2) is 24.5 Å². The zero-order valence-electron chi connectivity index (χ0n) is 14.3. The van der Waals surface area contributed by atoms with Crippen molar-refractivity contribution in [2.24, 2.45) is 0 Å². The minimum absolute atomic E-state index is 0.169. The molecular weight excluding hydrogens is 288 g/mol. The second kappa shape index (κ2) is 7.41. The van der Waals surface area contributed by atoms with Crippen LogP contribution in [0.3, 0.4) is 0 Å². The molecule has 0 aromatic carbocycles. The van der Waals surface area contributed by atoms with E-state index in [1.165, 1.54) is 0 Å². The van der Waals surface area contributed by atoms with Crippen LogP contribution >= 0.6 is 0 Å². The van der Waals surface area contributed by atoms with E-state index in [2.05, 4.69) is 33.8 Å². The van der Waals surface area contributed by atoms with Crippen LogP contribution in [-0.2, 0) is 0 Å². The van der Waals surface area contributed by atoms with Gasteiger partial charge in [-0.15, -0.1) is 0 Å². The zero-order valence-corrected chi connectivity index (χ0v) is 14.3. The molecule has 0 bridgehead atoms. The maximum Gasteiger partial charge on any atom is 0.255 e. The number of hydrogen-bond donors (Lipinski definition) is 0. The third-order valence-corrected chi connectivity index (χ3v) is 5.31. The van der Waals surface area contributed by atoms with Crippen molar-refractivity contribution in [1.29, 1.82) is 0 Å². The van der Waals surface area contributed by atoms with Crippen molar-refractivity contribution >= 4 is 5.91 Å². The van der Waals surface area contributed by atoms with Gasteiger partial charge in [-0.05, 0) is 78.1 Å². The molecule has 3 rings (SSSR count). The van der Waals surface area contributed by atoms with Crippen molar-refractivity contribution in [1.82, 2.24) is 19.7 Å². The van der Waals surface area contributed by atoms with Gasteiger partial charge in [0, 0.05) is 24.5 Å². The SMILES string of the molecule is CN1CCC(N(C(=O)c2cccnc2)C2CCN(C)CC2)CC1. The van der Waals surface area contributed by atoms with Crippen LogP contribution in [0.25, 0.3) is 0 Å². The number of rotatable bonds is 3. The van der Waals surface area contributed by atoms with Crippen molar-refractivity contribution in [3.8, 4) is 0 Å². The summed E-state index contributed by atoms with van der Waals surface area (Å²) in [6.45, 7) is 4.31. The number of carbonyl (C=O) groups is 1. The molecule has 1 aromatic heterocycles. The average Bonchev–Trinajstić information content (AvgIpc) is 2.59. The Kier molecular flexibility index (Phi) is 5.28. The maximum atomic E-state index is 13.2. The summed E-state index contributed by atoms with van der Waals surface area (Å²) in [5, 5.41) is 0. The van der Waals surface area contributed by atoms with E-state index >= 15 is 0 Å². The molecule has 5 heteroatoms. The minimum atomic E-state index is 0.169. The lowest BCUT2D eigenvalue weighted by Gasteiger charge is -2.44. The number of hydrogen-bond acceptors (Lipinski definition) is 4. The van der Waals surface area contributed by atoms with E-state index in [0.29, 0.717) is 12.1 Å². The van der Waals surface area contributed by atoms with Crippen LogP contribution in [0.5, 0.6) is 0 Å². The van der Waals surface area contributed by atoms with Crippen molar-refractivity contribution in [2.45, 2.75) is 37.8 Å². The van der Waals surface area contributed by atoms with Gasteiger partial charge in [0.05, 0.1) is 5.56 Å². The Morgan fingerprint density at radius 3 is 2.00 bits per heavy atom. The Balaban J connectivity index is 1.79. The van der Waals surface area contributed by atoms with Crippen LogP contribution in [-0.4, -0.2) is 77.9 Å². The number of piperidine rings is 2. The third kappa shape index (κ3) is 3.90. The van der Waals surface area contributed by atoms with Gasteiger partial charge in [0.15, 0.2) is 0 Å². The molecular formula is C18H28N4O. The van der Waals surface area contributed by atoms with Gasteiger partial charge in [-0.3, -0.25) is 9.78 Å². The molecule has 0 atom stereocenters. The van der Waals surface area contributed by atoms with Gasteiger partial charge >= 0.3 is 0 Å². The summed E-state index contributed by atoms with van der Waals surface area (Å²) in [5.41, 5.74) is 0.727. The highest BCUT2D eigenvalue weighted by Crippen LogP contribution is 2.25. The molecule has 2 saturated heterocycles. The first-order chi connectivity index (χ1) is 11.1. The average molecular weight is 316 g/mol. The fourth-order valence-electron chi connectivity index (χ4n) is 3.81. The van der Waals surface area contributed by atoms with Gasteiger partial charge in [-0.2, -0.15) is 0 Å². The minimum Gasteiger partial charge on any atom is -0.332 e. The summed E-state index contributed by atoms with van der Waals surface area (Å²) in [7, 11) is 4.33. The second-order valence-corrected chi connectivity index (χ2v) is 7.02. The van der Waals surface area contributed by atoms with E-state index in [1.54, 1.807) is 12.4 Å². The van der Waals surface area contributed by atoms with Crippen molar-refractivity contribution in [2.75, 3.05) is 40.3 Å². The summed E-state index contributed by atoms with van der Waals surface area (Å²) < 4.78 is 0. The molecule has 2 fully saturated rings. The Morgan fingerprint density at radius 1 is 1.04 bits per heavy atom. The third-order valence-electron chi connectivity index (χ3n) is 5.31. The highest BCUT2D eigenvalue weighted by atomic mass is 16.2. The van der Waals surface area contributed by atoms with E-state index in [4.69, 9.17) is 0 Å². The number of nitrogens with zero attached hydrogens (tertiary/aromatic N) is 4. The molecule has 126 valence electrons. The molecule has 0 radical (unpaired) electrons. The van der Waals surface area contributed by atoms with E-state index in [0.717, 1.165) is 57.4 Å². The number of aromatic nitrogens is 1. The van der Waals surface area contributed by atoms with Crippen LogP contribution < -0.4 is 0 Å². The molecule has 2 aliphatic heterocycles. The summed E-state index contributed by atoms with van der Waals surface area (Å²) >= 11 is 0. The summed E-state index contributed by atoms with van der Waals surface area (Å²) in [5.74, 6) is 0.169. The highest BCUT2D eigenvalue weighted by Gasteiger charge is 2.34. The largest absolute Gasteiger partial charge is 0.332 e. The molecule has 3 heterocycles. The molecule has 23 heavy (non-hydrogen) atoms. The summed E-state index contributed by atoms with van der Waals surface area (Å²) in [4.78, 5) is 24.2. The highest BCUT2D eigenvalue weighted by molar-refractivity contribution is 5.94. The lowest BCUT2D eigenvalue weighted by atomic mass is 9.95. The van der Waals surface area contributed by atoms with E-state index < -0.39 is 0 Å². The molecule has 0 aliphatic carbocycles. The van der Waals surface area contributed by atoms with Gasteiger partial charge in [0.2, 0.25) is 0 Å². The number of carbonyl (C=O) groups excluding carboxylic acids is 1. The lowest BCUT2D eigenvalue weighted by molar-refractivity contribution is 0.0340. The van der Waals surface area contributed by atoms with E-state index in [-0.39, 0.29) is 5.91 Å². The molecule has 1 aromatic rings. The molecule has 0 unspecified atom stereocenters. The van der Waals surface area contributed by atoms with Crippen molar-refractivity contribution in [3.05, 3.63) is 30.1 Å². The van der Waals surface area contributed by atoms with Gasteiger partial charge in [-0.25, -0.2) is 0 Å². The molecule has 1 amide bonds. The predicted molar refractivity (Wildman–Crippen MR) is 91.4 cm³/mol. The Bertz CT molecular complexity index is 483. The Morgan fingerprint density at radius 2 is 1.57 bits per heavy atom. The summed E-state index contributed by atoms with van der Waals surface area (Å²) in [6.07, 6.45) is 7.75.